The summed E-state index contributed by atoms with van der Waals surface area (Å²) < 4.78 is 0. The topological polar surface area (TPSA) is 49.8 Å². The highest BCUT2D eigenvalue weighted by Gasteiger charge is 2.14. The van der Waals surface area contributed by atoms with Gasteiger partial charge in [-0.05, 0) is 45.3 Å². The fourth-order valence-corrected chi connectivity index (χ4v) is 2.08. The molecule has 2 atom stereocenters. The molecule has 1 aliphatic rings. The molecule has 0 aromatic carbocycles. The van der Waals surface area contributed by atoms with E-state index >= 15 is 0 Å². The number of piperidine rings is 1. The van der Waals surface area contributed by atoms with Crippen LogP contribution < -0.4 is 10.6 Å². The molecule has 0 amide bonds. The number of hydrogen-bond donors (Lipinski definition) is 2. The highest BCUT2D eigenvalue weighted by molar-refractivity contribution is 5.00. The van der Waals surface area contributed by atoms with E-state index in [1.165, 1.54) is 19.4 Å². The lowest BCUT2D eigenvalue weighted by Gasteiger charge is -2.24. The zero-order valence-electron chi connectivity index (χ0n) is 9.82. The van der Waals surface area contributed by atoms with Crippen molar-refractivity contribution in [3.63, 3.8) is 0 Å². The van der Waals surface area contributed by atoms with Crippen molar-refractivity contribution in [2.45, 2.75) is 25.8 Å². The van der Waals surface area contributed by atoms with E-state index < -0.39 is 0 Å². The normalized spacial score (nSPS) is 22.9. The molecular formula is C12H20N4. The second-order valence-electron chi connectivity index (χ2n) is 4.47. The lowest BCUT2D eigenvalue weighted by Crippen LogP contribution is -2.36. The van der Waals surface area contributed by atoms with Crippen LogP contribution in [0.2, 0.25) is 0 Å². The Kier molecular flexibility index (Phi) is 4.25. The van der Waals surface area contributed by atoms with Gasteiger partial charge in [-0.3, -0.25) is 9.97 Å². The Morgan fingerprint density at radius 2 is 2.50 bits per heavy atom. The third-order valence-electron chi connectivity index (χ3n) is 3.14. The minimum atomic E-state index is 0.288. The average Bonchev–Trinajstić information content (AvgIpc) is 2.38. The second-order valence-corrected chi connectivity index (χ2v) is 4.47. The van der Waals surface area contributed by atoms with Gasteiger partial charge in [0.2, 0.25) is 0 Å². The molecule has 1 aromatic rings. The van der Waals surface area contributed by atoms with E-state index in [9.17, 15) is 0 Å². The van der Waals surface area contributed by atoms with E-state index in [0.29, 0.717) is 0 Å². The summed E-state index contributed by atoms with van der Waals surface area (Å²) in [5.74, 6) is 0.757. The molecule has 0 bridgehead atoms. The predicted octanol–water partition coefficient (Wildman–Crippen LogP) is 1.13. The maximum atomic E-state index is 4.30. The van der Waals surface area contributed by atoms with Crippen LogP contribution in [0.1, 0.15) is 31.5 Å². The summed E-state index contributed by atoms with van der Waals surface area (Å²) in [7, 11) is 0. The van der Waals surface area contributed by atoms with Crippen LogP contribution in [0, 0.1) is 5.92 Å². The molecule has 0 spiro atoms. The zero-order valence-corrected chi connectivity index (χ0v) is 9.82. The molecule has 0 unspecified atom stereocenters. The summed E-state index contributed by atoms with van der Waals surface area (Å²) in [6.45, 7) is 5.52. The Bertz CT molecular complexity index is 295. The van der Waals surface area contributed by atoms with Gasteiger partial charge in [-0.15, -0.1) is 0 Å². The molecule has 88 valence electrons. The van der Waals surface area contributed by atoms with Crippen LogP contribution in [-0.4, -0.2) is 29.6 Å². The molecule has 16 heavy (non-hydrogen) atoms. The highest BCUT2D eigenvalue weighted by Crippen LogP contribution is 2.11. The monoisotopic (exact) mass is 220 g/mol. The Morgan fingerprint density at radius 3 is 3.19 bits per heavy atom. The predicted molar refractivity (Wildman–Crippen MR) is 64.0 cm³/mol. The first-order valence-electron chi connectivity index (χ1n) is 6.06. The Hall–Kier alpha value is -1.00. The summed E-state index contributed by atoms with van der Waals surface area (Å²) in [5, 5.41) is 6.96. The fraction of sp³-hybridized carbons (Fsp3) is 0.667. The van der Waals surface area contributed by atoms with Gasteiger partial charge in [0.05, 0.1) is 5.69 Å². The molecular weight excluding hydrogens is 200 g/mol. The van der Waals surface area contributed by atoms with Gasteiger partial charge in [0.15, 0.2) is 0 Å². The Labute approximate surface area is 96.9 Å². The van der Waals surface area contributed by atoms with Crippen molar-refractivity contribution in [1.82, 2.24) is 20.6 Å². The van der Waals surface area contributed by atoms with Crippen molar-refractivity contribution >= 4 is 0 Å². The molecule has 4 nitrogen and oxygen atoms in total. The molecule has 1 aromatic heterocycles. The molecule has 1 saturated heterocycles. The SMILES string of the molecule is C[C@H](NC[C@@H]1CCCNC1)c1cnccn1. The van der Waals surface area contributed by atoms with Crippen LogP contribution in [0.4, 0.5) is 0 Å². The second kappa shape index (κ2) is 5.92. The summed E-state index contributed by atoms with van der Waals surface area (Å²) in [5.41, 5.74) is 1.02. The number of aromatic nitrogens is 2. The number of nitrogens with zero attached hydrogens (tertiary/aromatic N) is 2. The quantitative estimate of drug-likeness (QED) is 0.798. The molecule has 4 heteroatoms. The molecule has 1 fully saturated rings. The summed E-state index contributed by atoms with van der Waals surface area (Å²) in [6, 6.07) is 0.288. The van der Waals surface area contributed by atoms with Gasteiger partial charge in [0.1, 0.15) is 0 Å². The van der Waals surface area contributed by atoms with E-state index in [0.717, 1.165) is 24.7 Å². The first-order valence-corrected chi connectivity index (χ1v) is 6.06. The van der Waals surface area contributed by atoms with E-state index in [1.54, 1.807) is 12.4 Å². The van der Waals surface area contributed by atoms with Gasteiger partial charge < -0.3 is 10.6 Å². The van der Waals surface area contributed by atoms with Gasteiger partial charge in [-0.1, -0.05) is 0 Å². The first kappa shape index (κ1) is 11.5. The largest absolute Gasteiger partial charge is 0.316 e. The standard InChI is InChI=1S/C12H20N4/c1-10(12-9-14-5-6-15-12)16-8-11-3-2-4-13-7-11/h5-6,9-11,13,16H,2-4,7-8H2,1H3/t10-,11+/m0/s1. The molecule has 2 N–H and O–H groups in total. The number of hydrogen-bond acceptors (Lipinski definition) is 4. The lowest BCUT2D eigenvalue weighted by atomic mass is 9.99. The zero-order chi connectivity index (χ0) is 11.2. The number of rotatable bonds is 4. The van der Waals surface area contributed by atoms with Gasteiger partial charge in [0.25, 0.3) is 0 Å². The van der Waals surface area contributed by atoms with Crippen LogP contribution in [0.15, 0.2) is 18.6 Å². The third-order valence-corrected chi connectivity index (χ3v) is 3.14. The van der Waals surface area contributed by atoms with Crippen LogP contribution in [-0.2, 0) is 0 Å². The van der Waals surface area contributed by atoms with E-state index in [4.69, 9.17) is 0 Å². The summed E-state index contributed by atoms with van der Waals surface area (Å²) in [4.78, 5) is 8.39. The summed E-state index contributed by atoms with van der Waals surface area (Å²) in [6.07, 6.45) is 7.91. The van der Waals surface area contributed by atoms with Crippen LogP contribution >= 0.6 is 0 Å². The number of nitrogens with one attached hydrogen (secondary N) is 2. The molecule has 0 radical (unpaired) electrons. The van der Waals surface area contributed by atoms with Crippen molar-refractivity contribution in [1.29, 1.82) is 0 Å². The fourth-order valence-electron chi connectivity index (χ4n) is 2.08. The van der Waals surface area contributed by atoms with Crippen molar-refractivity contribution in [3.8, 4) is 0 Å². The molecule has 0 saturated carbocycles. The van der Waals surface area contributed by atoms with Gasteiger partial charge in [-0.25, -0.2) is 0 Å². The van der Waals surface area contributed by atoms with E-state index in [-0.39, 0.29) is 6.04 Å². The van der Waals surface area contributed by atoms with Crippen molar-refractivity contribution in [2.24, 2.45) is 5.92 Å². The summed E-state index contributed by atoms with van der Waals surface area (Å²) >= 11 is 0. The minimum absolute atomic E-state index is 0.288. The minimum Gasteiger partial charge on any atom is -0.316 e. The molecule has 2 heterocycles. The lowest BCUT2D eigenvalue weighted by molar-refractivity contribution is 0.347. The van der Waals surface area contributed by atoms with Gasteiger partial charge >= 0.3 is 0 Å². The smallest absolute Gasteiger partial charge is 0.0753 e. The molecule has 1 aliphatic heterocycles. The maximum Gasteiger partial charge on any atom is 0.0753 e. The Morgan fingerprint density at radius 1 is 1.56 bits per heavy atom. The van der Waals surface area contributed by atoms with Crippen molar-refractivity contribution in [2.75, 3.05) is 19.6 Å². The Balaban J connectivity index is 1.77. The average molecular weight is 220 g/mol. The maximum absolute atomic E-state index is 4.30. The van der Waals surface area contributed by atoms with Gasteiger partial charge in [-0.2, -0.15) is 0 Å². The van der Waals surface area contributed by atoms with Crippen LogP contribution in [0.3, 0.4) is 0 Å². The van der Waals surface area contributed by atoms with E-state index in [2.05, 4.69) is 27.5 Å². The van der Waals surface area contributed by atoms with Crippen LogP contribution in [0.25, 0.3) is 0 Å². The van der Waals surface area contributed by atoms with Gasteiger partial charge in [0, 0.05) is 24.6 Å². The van der Waals surface area contributed by atoms with Crippen molar-refractivity contribution < 1.29 is 0 Å². The van der Waals surface area contributed by atoms with Crippen molar-refractivity contribution in [3.05, 3.63) is 24.3 Å². The first-order chi connectivity index (χ1) is 7.86. The molecule has 2 rings (SSSR count). The molecule has 0 aliphatic carbocycles. The third kappa shape index (κ3) is 3.25. The van der Waals surface area contributed by atoms with E-state index in [1.807, 2.05) is 6.20 Å². The van der Waals surface area contributed by atoms with Crippen LogP contribution in [0.5, 0.6) is 0 Å². The highest BCUT2D eigenvalue weighted by atomic mass is 15.0.